The Bertz CT molecular complexity index is 448. The molecule has 0 spiro atoms. The van der Waals surface area contributed by atoms with E-state index in [1.54, 1.807) is 12.3 Å². The highest BCUT2D eigenvalue weighted by Crippen LogP contribution is 2.10. The number of nitrogens with one attached hydrogen (secondary N) is 1. The third-order valence-corrected chi connectivity index (χ3v) is 2.70. The lowest BCUT2D eigenvalue weighted by Crippen LogP contribution is -2.42. The van der Waals surface area contributed by atoms with E-state index in [4.69, 9.17) is 16.9 Å². The van der Waals surface area contributed by atoms with Crippen molar-refractivity contribution in [2.75, 3.05) is 13.1 Å². The predicted octanol–water partition coefficient (Wildman–Crippen LogP) is 1.37. The van der Waals surface area contributed by atoms with Gasteiger partial charge < -0.3 is 4.90 Å². The summed E-state index contributed by atoms with van der Waals surface area (Å²) in [6.45, 7) is 2.33. The van der Waals surface area contributed by atoms with Crippen LogP contribution in [0.3, 0.4) is 0 Å². The van der Waals surface area contributed by atoms with Crippen molar-refractivity contribution in [3.05, 3.63) is 29.0 Å². The number of rotatable bonds is 2. The second-order valence-electron chi connectivity index (χ2n) is 3.71. The van der Waals surface area contributed by atoms with Gasteiger partial charge in [0.05, 0.1) is 0 Å². The van der Waals surface area contributed by atoms with Crippen LogP contribution in [-0.4, -0.2) is 28.9 Å². The van der Waals surface area contributed by atoms with Crippen LogP contribution >= 0.6 is 11.6 Å². The first kappa shape index (κ1) is 11.7. The minimum atomic E-state index is 0.483. The number of hydrogen-bond acceptors (Lipinski definition) is 5. The third-order valence-electron chi connectivity index (χ3n) is 2.48. The molecule has 0 radical (unpaired) electrons. The zero-order valence-corrected chi connectivity index (χ0v) is 9.98. The number of halogens is 1. The van der Waals surface area contributed by atoms with Crippen LogP contribution in [-0.2, 0) is 6.54 Å². The van der Waals surface area contributed by atoms with Crippen LogP contribution in [0.1, 0.15) is 12.0 Å². The quantitative estimate of drug-likeness (QED) is 0.488. The van der Waals surface area contributed by atoms with Crippen molar-refractivity contribution in [2.24, 2.45) is 4.99 Å². The molecule has 0 atom stereocenters. The molecule has 6 heteroatoms. The summed E-state index contributed by atoms with van der Waals surface area (Å²) < 4.78 is 0. The van der Waals surface area contributed by atoms with Crippen LogP contribution in [0.4, 0.5) is 0 Å². The van der Waals surface area contributed by atoms with Crippen molar-refractivity contribution in [3.8, 4) is 6.19 Å². The van der Waals surface area contributed by atoms with Gasteiger partial charge >= 0.3 is 0 Å². The summed E-state index contributed by atoms with van der Waals surface area (Å²) in [6, 6.07) is 3.68. The van der Waals surface area contributed by atoms with E-state index in [-0.39, 0.29) is 0 Å². The van der Waals surface area contributed by atoms with Crippen LogP contribution < -0.4 is 5.32 Å². The molecule has 17 heavy (non-hydrogen) atoms. The van der Waals surface area contributed by atoms with E-state index < -0.39 is 0 Å². The molecular formula is C11H12ClN5. The number of hydrogen-bond donors (Lipinski definition) is 1. The van der Waals surface area contributed by atoms with Gasteiger partial charge in [0.1, 0.15) is 5.15 Å². The first-order chi connectivity index (χ1) is 8.29. The van der Waals surface area contributed by atoms with Crippen molar-refractivity contribution in [2.45, 2.75) is 13.0 Å². The molecule has 5 nitrogen and oxygen atoms in total. The zero-order valence-electron chi connectivity index (χ0n) is 9.23. The van der Waals surface area contributed by atoms with E-state index in [0.29, 0.717) is 17.7 Å². The highest BCUT2D eigenvalue weighted by Gasteiger charge is 2.15. The maximum atomic E-state index is 8.64. The molecule has 0 saturated carbocycles. The first-order valence-electron chi connectivity index (χ1n) is 5.34. The van der Waals surface area contributed by atoms with Gasteiger partial charge in [-0.3, -0.25) is 10.3 Å². The number of aliphatic imine (C=N–C) groups is 1. The second kappa shape index (κ2) is 5.51. The Morgan fingerprint density at radius 2 is 2.41 bits per heavy atom. The van der Waals surface area contributed by atoms with E-state index in [1.165, 1.54) is 0 Å². The summed E-state index contributed by atoms with van der Waals surface area (Å²) in [5.41, 5.74) is 1.05. The molecule has 0 unspecified atom stereocenters. The lowest BCUT2D eigenvalue weighted by Gasteiger charge is -2.27. The number of nitriles is 1. The van der Waals surface area contributed by atoms with Gasteiger partial charge in [-0.2, -0.15) is 5.26 Å². The van der Waals surface area contributed by atoms with Gasteiger partial charge in [0, 0.05) is 25.8 Å². The highest BCUT2D eigenvalue weighted by atomic mass is 35.5. The monoisotopic (exact) mass is 249 g/mol. The van der Waals surface area contributed by atoms with Crippen LogP contribution in [0.2, 0.25) is 5.15 Å². The molecule has 1 N–H and O–H groups in total. The van der Waals surface area contributed by atoms with E-state index in [0.717, 1.165) is 25.1 Å². The molecule has 88 valence electrons. The third kappa shape index (κ3) is 3.08. The number of guanidine groups is 1. The summed E-state index contributed by atoms with van der Waals surface area (Å²) in [6.07, 6.45) is 4.64. The second-order valence-corrected chi connectivity index (χ2v) is 4.09. The molecule has 1 aromatic heterocycles. The van der Waals surface area contributed by atoms with Gasteiger partial charge in [0.25, 0.3) is 0 Å². The Morgan fingerprint density at radius 1 is 1.53 bits per heavy atom. The number of pyridine rings is 1. The Balaban J connectivity index is 2.07. The van der Waals surface area contributed by atoms with E-state index in [9.17, 15) is 0 Å². The van der Waals surface area contributed by atoms with Gasteiger partial charge in [0.15, 0.2) is 6.19 Å². The molecule has 2 heterocycles. The summed E-state index contributed by atoms with van der Waals surface area (Å²) in [4.78, 5) is 10.3. The molecule has 0 aliphatic carbocycles. The average molecular weight is 250 g/mol. The molecule has 0 amide bonds. The van der Waals surface area contributed by atoms with Crippen molar-refractivity contribution in [1.29, 1.82) is 5.26 Å². The van der Waals surface area contributed by atoms with Crippen molar-refractivity contribution >= 4 is 17.6 Å². The van der Waals surface area contributed by atoms with Gasteiger partial charge in [-0.05, 0) is 18.1 Å². The smallest absolute Gasteiger partial charge is 0.207 e. The molecule has 1 aromatic rings. The molecule has 1 aliphatic rings. The molecule has 0 fully saturated rings. The fraction of sp³-hybridized carbons (Fsp3) is 0.364. The van der Waals surface area contributed by atoms with E-state index in [2.05, 4.69) is 15.3 Å². The molecule has 0 aromatic carbocycles. The summed E-state index contributed by atoms with van der Waals surface area (Å²) in [5.74, 6) is 0.633. The van der Waals surface area contributed by atoms with Gasteiger partial charge in [-0.15, -0.1) is 0 Å². The van der Waals surface area contributed by atoms with Gasteiger partial charge in [-0.25, -0.2) is 4.98 Å². The van der Waals surface area contributed by atoms with Gasteiger partial charge in [-0.1, -0.05) is 17.7 Å². The fourth-order valence-corrected chi connectivity index (χ4v) is 1.81. The Labute approximate surface area is 105 Å². The van der Waals surface area contributed by atoms with E-state index in [1.807, 2.05) is 17.2 Å². The summed E-state index contributed by atoms with van der Waals surface area (Å²) in [5, 5.41) is 11.7. The minimum absolute atomic E-state index is 0.483. The van der Waals surface area contributed by atoms with Crippen LogP contribution in [0.25, 0.3) is 0 Å². The number of aromatic nitrogens is 1. The van der Waals surface area contributed by atoms with Gasteiger partial charge in [0.2, 0.25) is 5.96 Å². The lowest BCUT2D eigenvalue weighted by atomic mass is 10.2. The molecule has 1 aliphatic heterocycles. The predicted molar refractivity (Wildman–Crippen MR) is 65.3 cm³/mol. The summed E-state index contributed by atoms with van der Waals surface area (Å²) in [7, 11) is 0. The topological polar surface area (TPSA) is 64.3 Å². The number of nitrogens with zero attached hydrogens (tertiary/aromatic N) is 4. The zero-order chi connectivity index (χ0) is 12.1. The Hall–Kier alpha value is -1.80. The molecule has 2 rings (SSSR count). The van der Waals surface area contributed by atoms with Crippen molar-refractivity contribution in [1.82, 2.24) is 15.2 Å². The maximum absolute atomic E-state index is 8.64. The standard InChI is InChI=1S/C11H12ClN5/c12-10-3-2-9(6-15-10)7-17-5-1-4-14-11(17)16-8-13/h2-3,6H,1,4-5,7H2,(H,14,16). The Morgan fingerprint density at radius 3 is 3.12 bits per heavy atom. The lowest BCUT2D eigenvalue weighted by molar-refractivity contribution is 0.378. The molecule has 0 bridgehead atoms. The normalized spacial score (nSPS) is 15.1. The van der Waals surface area contributed by atoms with Crippen LogP contribution in [0, 0.1) is 11.5 Å². The van der Waals surface area contributed by atoms with Crippen molar-refractivity contribution < 1.29 is 0 Å². The maximum Gasteiger partial charge on any atom is 0.207 e. The average Bonchev–Trinajstić information content (AvgIpc) is 2.35. The van der Waals surface area contributed by atoms with E-state index >= 15 is 0 Å². The fourth-order valence-electron chi connectivity index (χ4n) is 1.70. The largest absolute Gasteiger partial charge is 0.338 e. The molecular weight excluding hydrogens is 238 g/mol. The highest BCUT2D eigenvalue weighted by molar-refractivity contribution is 6.29. The van der Waals surface area contributed by atoms with Crippen LogP contribution in [0.5, 0.6) is 0 Å². The first-order valence-corrected chi connectivity index (χ1v) is 5.72. The van der Waals surface area contributed by atoms with Crippen molar-refractivity contribution in [3.63, 3.8) is 0 Å². The molecule has 0 saturated heterocycles. The minimum Gasteiger partial charge on any atom is -0.338 e. The van der Waals surface area contributed by atoms with Crippen LogP contribution in [0.15, 0.2) is 23.3 Å². The SMILES string of the molecule is N#CNC1=NCCCN1Cc1ccc(Cl)nc1. The Kier molecular flexibility index (Phi) is 3.78. The summed E-state index contributed by atoms with van der Waals surface area (Å²) >= 11 is 5.73.